The molecule has 0 amide bonds. The number of piperidine rings is 1. The highest BCUT2D eigenvalue weighted by molar-refractivity contribution is 6.31. The van der Waals surface area contributed by atoms with Gasteiger partial charge in [0, 0.05) is 29.2 Å². The third kappa shape index (κ3) is 2.67. The summed E-state index contributed by atoms with van der Waals surface area (Å²) in [5.41, 5.74) is 1.25. The number of halogens is 1. The van der Waals surface area contributed by atoms with Crippen LogP contribution in [-0.2, 0) is 0 Å². The molecule has 0 spiro atoms. The van der Waals surface area contributed by atoms with Crippen molar-refractivity contribution in [2.24, 2.45) is 0 Å². The molecule has 19 heavy (non-hydrogen) atoms. The van der Waals surface area contributed by atoms with E-state index in [9.17, 15) is 0 Å². The van der Waals surface area contributed by atoms with E-state index in [1.54, 1.807) is 0 Å². The van der Waals surface area contributed by atoms with E-state index >= 15 is 0 Å². The Kier molecular flexibility index (Phi) is 3.84. The molecule has 3 heteroatoms. The molecule has 1 aromatic rings. The normalized spacial score (nSPS) is 31.7. The molecule has 0 radical (unpaired) electrons. The lowest BCUT2D eigenvalue weighted by molar-refractivity contribution is 0.133. The fraction of sp³-hybridized carbons (Fsp3) is 0.625. The number of hydrogen-bond acceptors (Lipinski definition) is 2. The minimum absolute atomic E-state index is 0.385. The highest BCUT2D eigenvalue weighted by atomic mass is 35.5. The molecule has 2 fully saturated rings. The lowest BCUT2D eigenvalue weighted by Crippen LogP contribution is -2.47. The summed E-state index contributed by atoms with van der Waals surface area (Å²) < 4.78 is 0. The van der Waals surface area contributed by atoms with Crippen LogP contribution in [0.3, 0.4) is 0 Å². The van der Waals surface area contributed by atoms with Crippen molar-refractivity contribution in [3.05, 3.63) is 34.9 Å². The van der Waals surface area contributed by atoms with Crippen LogP contribution in [0.15, 0.2) is 24.3 Å². The van der Waals surface area contributed by atoms with E-state index in [1.807, 2.05) is 12.1 Å². The first-order chi connectivity index (χ1) is 9.15. The van der Waals surface area contributed by atoms with Crippen molar-refractivity contribution in [2.75, 3.05) is 7.05 Å². The quantitative estimate of drug-likeness (QED) is 0.909. The Hall–Kier alpha value is -0.570. The van der Waals surface area contributed by atoms with Crippen molar-refractivity contribution in [1.29, 1.82) is 0 Å². The van der Waals surface area contributed by atoms with Gasteiger partial charge >= 0.3 is 0 Å². The molecule has 1 aromatic carbocycles. The van der Waals surface area contributed by atoms with Gasteiger partial charge in [0.2, 0.25) is 0 Å². The Balaban J connectivity index is 1.73. The Bertz CT molecular complexity index is 436. The minimum Gasteiger partial charge on any atom is -0.311 e. The average molecular weight is 279 g/mol. The topological polar surface area (TPSA) is 15.3 Å². The Labute approximate surface area is 121 Å². The number of hydrogen-bond donors (Lipinski definition) is 1. The molecule has 2 heterocycles. The highest BCUT2D eigenvalue weighted by Gasteiger charge is 2.36. The van der Waals surface area contributed by atoms with Crippen LogP contribution in [0.2, 0.25) is 5.02 Å². The molecule has 2 aliphatic rings. The summed E-state index contributed by atoms with van der Waals surface area (Å²) >= 11 is 6.33. The summed E-state index contributed by atoms with van der Waals surface area (Å²) in [4.78, 5) is 2.52. The van der Waals surface area contributed by atoms with Gasteiger partial charge in [0.15, 0.2) is 0 Å². The van der Waals surface area contributed by atoms with Crippen LogP contribution in [0.4, 0.5) is 0 Å². The molecule has 2 nitrogen and oxygen atoms in total. The largest absolute Gasteiger partial charge is 0.311 e. The summed E-state index contributed by atoms with van der Waals surface area (Å²) in [6, 6.07) is 10.8. The maximum absolute atomic E-state index is 6.33. The maximum atomic E-state index is 6.33. The smallest absolute Gasteiger partial charge is 0.0453 e. The summed E-state index contributed by atoms with van der Waals surface area (Å²) in [5, 5.41) is 4.60. The van der Waals surface area contributed by atoms with E-state index < -0.39 is 0 Å². The molecule has 1 N–H and O–H groups in total. The molecule has 0 aliphatic carbocycles. The summed E-state index contributed by atoms with van der Waals surface area (Å²) in [5.74, 6) is 0. The molecule has 2 bridgehead atoms. The number of nitrogens with zero attached hydrogens (tertiary/aromatic N) is 1. The molecule has 3 rings (SSSR count). The minimum atomic E-state index is 0.385. The Morgan fingerprint density at radius 3 is 2.47 bits per heavy atom. The van der Waals surface area contributed by atoms with Crippen molar-refractivity contribution in [2.45, 2.75) is 56.8 Å². The summed E-state index contributed by atoms with van der Waals surface area (Å²) in [7, 11) is 2.25. The molecule has 2 saturated heterocycles. The van der Waals surface area contributed by atoms with Crippen LogP contribution < -0.4 is 5.32 Å². The number of rotatable bonds is 3. The molecule has 3 atom stereocenters. The number of benzene rings is 1. The second-order valence-corrected chi connectivity index (χ2v) is 6.53. The molecule has 0 aromatic heterocycles. The zero-order valence-electron chi connectivity index (χ0n) is 11.8. The molecular formula is C16H23ClN2. The van der Waals surface area contributed by atoms with Gasteiger partial charge in [-0.2, -0.15) is 0 Å². The van der Waals surface area contributed by atoms with Crippen molar-refractivity contribution in [1.82, 2.24) is 10.2 Å². The van der Waals surface area contributed by atoms with E-state index in [0.717, 1.165) is 17.1 Å². The van der Waals surface area contributed by atoms with Gasteiger partial charge in [-0.15, -0.1) is 0 Å². The third-order valence-electron chi connectivity index (χ3n) is 4.99. The van der Waals surface area contributed by atoms with Gasteiger partial charge in [0.05, 0.1) is 0 Å². The lowest BCUT2D eigenvalue weighted by atomic mass is 9.96. The molecule has 104 valence electrons. The third-order valence-corrected chi connectivity index (χ3v) is 5.33. The van der Waals surface area contributed by atoms with Gasteiger partial charge < -0.3 is 5.32 Å². The van der Waals surface area contributed by atoms with E-state index in [-0.39, 0.29) is 0 Å². The first-order valence-corrected chi connectivity index (χ1v) is 7.75. The van der Waals surface area contributed by atoms with Crippen LogP contribution in [0, 0.1) is 0 Å². The number of nitrogens with one attached hydrogen (secondary N) is 1. The highest BCUT2D eigenvalue weighted by Crippen LogP contribution is 2.34. The van der Waals surface area contributed by atoms with Crippen molar-refractivity contribution < 1.29 is 0 Å². The standard InChI is InChI=1S/C16H23ClN2/c1-11(15-5-3-4-6-16(15)17)19(2)14-9-12-7-8-13(10-14)18-12/h3-6,11-14,18H,7-10H2,1-2H3. The van der Waals surface area contributed by atoms with Crippen LogP contribution in [-0.4, -0.2) is 30.1 Å². The van der Waals surface area contributed by atoms with Gasteiger partial charge in [0.1, 0.15) is 0 Å². The SMILES string of the molecule is CC(c1ccccc1Cl)N(C)C1CC2CCC(C1)N2. The maximum Gasteiger partial charge on any atom is 0.0453 e. The predicted octanol–water partition coefficient (Wildman–Crippen LogP) is 3.62. The second-order valence-electron chi connectivity index (χ2n) is 6.13. The first-order valence-electron chi connectivity index (χ1n) is 7.37. The van der Waals surface area contributed by atoms with Gasteiger partial charge in [-0.25, -0.2) is 0 Å². The molecular weight excluding hydrogens is 256 g/mol. The molecule has 2 aliphatic heterocycles. The van der Waals surface area contributed by atoms with Gasteiger partial charge in [-0.1, -0.05) is 29.8 Å². The fourth-order valence-electron chi connectivity index (χ4n) is 3.71. The van der Waals surface area contributed by atoms with Gasteiger partial charge in [0.25, 0.3) is 0 Å². The monoisotopic (exact) mass is 278 g/mol. The predicted molar refractivity (Wildman–Crippen MR) is 80.6 cm³/mol. The van der Waals surface area contributed by atoms with Crippen LogP contribution in [0.25, 0.3) is 0 Å². The van der Waals surface area contributed by atoms with E-state index in [4.69, 9.17) is 11.6 Å². The van der Waals surface area contributed by atoms with Crippen LogP contribution >= 0.6 is 11.6 Å². The Morgan fingerprint density at radius 1 is 1.21 bits per heavy atom. The van der Waals surface area contributed by atoms with Gasteiger partial charge in [-0.05, 0) is 51.3 Å². The van der Waals surface area contributed by atoms with Crippen molar-refractivity contribution >= 4 is 11.6 Å². The first kappa shape index (κ1) is 13.4. The van der Waals surface area contributed by atoms with Crippen molar-refractivity contribution in [3.63, 3.8) is 0 Å². The zero-order valence-corrected chi connectivity index (χ0v) is 12.5. The van der Waals surface area contributed by atoms with Gasteiger partial charge in [-0.3, -0.25) is 4.90 Å². The van der Waals surface area contributed by atoms with Crippen LogP contribution in [0.5, 0.6) is 0 Å². The average Bonchev–Trinajstić information content (AvgIpc) is 2.76. The molecule has 3 unspecified atom stereocenters. The van der Waals surface area contributed by atoms with E-state index in [2.05, 4.69) is 36.3 Å². The lowest BCUT2D eigenvalue weighted by Gasteiger charge is -2.39. The number of fused-ring (bicyclic) bond motifs is 2. The Morgan fingerprint density at radius 2 is 1.84 bits per heavy atom. The summed E-state index contributed by atoms with van der Waals surface area (Å²) in [6.07, 6.45) is 5.27. The second kappa shape index (κ2) is 5.43. The fourth-order valence-corrected chi connectivity index (χ4v) is 4.00. The summed E-state index contributed by atoms with van der Waals surface area (Å²) in [6.45, 7) is 2.27. The van der Waals surface area contributed by atoms with E-state index in [0.29, 0.717) is 12.1 Å². The molecule has 0 saturated carbocycles. The van der Waals surface area contributed by atoms with E-state index in [1.165, 1.54) is 31.2 Å². The van der Waals surface area contributed by atoms with Crippen LogP contribution in [0.1, 0.15) is 44.2 Å². The van der Waals surface area contributed by atoms with Crippen molar-refractivity contribution in [3.8, 4) is 0 Å². The zero-order chi connectivity index (χ0) is 13.4.